The number of nitrogens with one attached hydrogen (secondary N) is 2. The van der Waals surface area contributed by atoms with Crippen LogP contribution in [0.2, 0.25) is 0 Å². The number of hydrogen-bond acceptors (Lipinski definition) is 3. The molecule has 0 aliphatic heterocycles. The fourth-order valence-corrected chi connectivity index (χ4v) is 2.81. The Morgan fingerprint density at radius 2 is 2.35 bits per heavy atom. The number of carbonyl (C=O) groups excluding carboxylic acids is 1. The standard InChI is InChI=1S/C15H15N3OS/c1-10(15-17-6-7-20-15)9-18-14(19)12-2-3-13-11(8-12)4-5-16-13/h2-8,10,16H,9H2,1H3,(H,18,19). The molecule has 2 heterocycles. The molecule has 2 aromatic heterocycles. The molecule has 0 aliphatic rings. The molecule has 0 fully saturated rings. The van der Waals surface area contributed by atoms with E-state index in [9.17, 15) is 4.79 Å². The lowest BCUT2D eigenvalue weighted by Crippen LogP contribution is -2.27. The third-order valence-corrected chi connectivity index (χ3v) is 4.26. The summed E-state index contributed by atoms with van der Waals surface area (Å²) in [6, 6.07) is 7.62. The van der Waals surface area contributed by atoms with E-state index in [2.05, 4.69) is 22.2 Å². The summed E-state index contributed by atoms with van der Waals surface area (Å²) in [5.74, 6) is 0.187. The lowest BCUT2D eigenvalue weighted by atomic mass is 10.1. The Kier molecular flexibility index (Phi) is 3.52. The van der Waals surface area contributed by atoms with E-state index in [1.807, 2.05) is 35.8 Å². The number of carbonyl (C=O) groups is 1. The van der Waals surface area contributed by atoms with Crippen LogP contribution in [-0.4, -0.2) is 22.4 Å². The molecule has 5 heteroatoms. The van der Waals surface area contributed by atoms with Crippen molar-refractivity contribution in [2.75, 3.05) is 6.54 Å². The average Bonchev–Trinajstić information content (AvgIpc) is 3.13. The van der Waals surface area contributed by atoms with Gasteiger partial charge in [0.1, 0.15) is 0 Å². The lowest BCUT2D eigenvalue weighted by Gasteiger charge is -2.10. The number of amides is 1. The fraction of sp³-hybridized carbons (Fsp3) is 0.200. The Hall–Kier alpha value is -2.14. The van der Waals surface area contributed by atoms with Crippen molar-refractivity contribution in [3.63, 3.8) is 0 Å². The highest BCUT2D eigenvalue weighted by Gasteiger charge is 2.11. The first-order valence-electron chi connectivity index (χ1n) is 6.49. The predicted molar refractivity (Wildman–Crippen MR) is 81.2 cm³/mol. The average molecular weight is 285 g/mol. The number of benzene rings is 1. The van der Waals surface area contributed by atoms with E-state index < -0.39 is 0 Å². The highest BCUT2D eigenvalue weighted by molar-refractivity contribution is 7.09. The largest absolute Gasteiger partial charge is 0.361 e. The summed E-state index contributed by atoms with van der Waals surface area (Å²) in [6.45, 7) is 2.66. The molecule has 102 valence electrons. The van der Waals surface area contributed by atoms with Crippen LogP contribution in [0.5, 0.6) is 0 Å². The third kappa shape index (κ3) is 2.58. The molecule has 1 amide bonds. The summed E-state index contributed by atoms with van der Waals surface area (Å²) < 4.78 is 0. The first kappa shape index (κ1) is 12.9. The molecule has 0 aliphatic carbocycles. The van der Waals surface area contributed by atoms with Crippen molar-refractivity contribution >= 4 is 28.1 Å². The number of hydrogen-bond donors (Lipinski definition) is 2. The number of rotatable bonds is 4. The Balaban J connectivity index is 1.66. The molecular weight excluding hydrogens is 270 g/mol. The molecule has 0 bridgehead atoms. The number of thiazole rings is 1. The molecule has 0 radical (unpaired) electrons. The van der Waals surface area contributed by atoms with Gasteiger partial charge in [0.15, 0.2) is 0 Å². The van der Waals surface area contributed by atoms with Gasteiger partial charge >= 0.3 is 0 Å². The van der Waals surface area contributed by atoms with Gasteiger partial charge in [0.25, 0.3) is 5.91 Å². The quantitative estimate of drug-likeness (QED) is 0.773. The summed E-state index contributed by atoms with van der Waals surface area (Å²) in [7, 11) is 0. The highest BCUT2D eigenvalue weighted by Crippen LogP contribution is 2.17. The molecule has 3 rings (SSSR count). The van der Waals surface area contributed by atoms with Crippen LogP contribution in [0.1, 0.15) is 28.2 Å². The summed E-state index contributed by atoms with van der Waals surface area (Å²) in [6.07, 6.45) is 3.66. The van der Waals surface area contributed by atoms with Gasteiger partial charge in [-0.1, -0.05) is 6.92 Å². The Morgan fingerprint density at radius 1 is 1.45 bits per heavy atom. The molecule has 0 saturated heterocycles. The van der Waals surface area contributed by atoms with Crippen molar-refractivity contribution < 1.29 is 4.79 Å². The minimum Gasteiger partial charge on any atom is -0.361 e. The maximum absolute atomic E-state index is 12.1. The van der Waals surface area contributed by atoms with Crippen molar-refractivity contribution in [1.29, 1.82) is 0 Å². The van der Waals surface area contributed by atoms with Gasteiger partial charge in [-0.2, -0.15) is 0 Å². The summed E-state index contributed by atoms with van der Waals surface area (Å²) in [4.78, 5) is 19.5. The molecule has 0 saturated carbocycles. The number of nitrogens with zero attached hydrogens (tertiary/aromatic N) is 1. The van der Waals surface area contributed by atoms with Crippen LogP contribution >= 0.6 is 11.3 Å². The van der Waals surface area contributed by atoms with Gasteiger partial charge < -0.3 is 10.3 Å². The van der Waals surface area contributed by atoms with Crippen LogP contribution in [0.3, 0.4) is 0 Å². The van der Waals surface area contributed by atoms with Gasteiger partial charge in [0.05, 0.1) is 5.01 Å². The van der Waals surface area contributed by atoms with Crippen molar-refractivity contribution in [2.45, 2.75) is 12.8 Å². The molecule has 20 heavy (non-hydrogen) atoms. The first-order chi connectivity index (χ1) is 9.74. The number of fused-ring (bicyclic) bond motifs is 1. The Bertz CT molecular complexity index is 718. The minimum atomic E-state index is -0.0449. The molecule has 4 nitrogen and oxygen atoms in total. The van der Waals surface area contributed by atoms with Gasteiger partial charge in [0.2, 0.25) is 0 Å². The predicted octanol–water partition coefficient (Wildman–Crippen LogP) is 3.16. The van der Waals surface area contributed by atoms with E-state index >= 15 is 0 Å². The second-order valence-corrected chi connectivity index (χ2v) is 5.69. The number of H-pyrrole nitrogens is 1. The smallest absolute Gasteiger partial charge is 0.251 e. The molecule has 0 spiro atoms. The van der Waals surface area contributed by atoms with E-state index in [0.29, 0.717) is 12.1 Å². The zero-order valence-corrected chi connectivity index (χ0v) is 11.9. The van der Waals surface area contributed by atoms with E-state index in [4.69, 9.17) is 0 Å². The fourth-order valence-electron chi connectivity index (χ4n) is 2.11. The summed E-state index contributed by atoms with van der Waals surface area (Å²) in [5.41, 5.74) is 1.72. The number of aromatic amines is 1. The van der Waals surface area contributed by atoms with Gasteiger partial charge in [-0.25, -0.2) is 4.98 Å². The van der Waals surface area contributed by atoms with Crippen molar-refractivity contribution in [3.8, 4) is 0 Å². The molecule has 1 aromatic carbocycles. The molecule has 1 atom stereocenters. The second-order valence-electron chi connectivity index (χ2n) is 4.76. The Labute approximate surface area is 120 Å². The second kappa shape index (κ2) is 5.46. The SMILES string of the molecule is CC(CNC(=O)c1ccc2[nH]ccc2c1)c1nccs1. The lowest BCUT2D eigenvalue weighted by molar-refractivity contribution is 0.0952. The third-order valence-electron chi connectivity index (χ3n) is 3.26. The zero-order chi connectivity index (χ0) is 13.9. The molecular formula is C15H15N3OS. The first-order valence-corrected chi connectivity index (χ1v) is 7.37. The van der Waals surface area contributed by atoms with E-state index in [0.717, 1.165) is 15.9 Å². The van der Waals surface area contributed by atoms with Crippen molar-refractivity contribution in [1.82, 2.24) is 15.3 Å². The van der Waals surface area contributed by atoms with Crippen LogP contribution in [0.25, 0.3) is 10.9 Å². The van der Waals surface area contributed by atoms with Gasteiger partial charge in [0, 0.05) is 46.7 Å². The van der Waals surface area contributed by atoms with E-state index in [1.54, 1.807) is 17.5 Å². The van der Waals surface area contributed by atoms with E-state index in [-0.39, 0.29) is 11.8 Å². The minimum absolute atomic E-state index is 0.0449. The molecule has 3 aromatic rings. The van der Waals surface area contributed by atoms with Crippen LogP contribution in [-0.2, 0) is 0 Å². The number of aromatic nitrogens is 2. The van der Waals surface area contributed by atoms with Crippen LogP contribution in [0.15, 0.2) is 42.0 Å². The topological polar surface area (TPSA) is 57.8 Å². The normalized spacial score (nSPS) is 12.4. The highest BCUT2D eigenvalue weighted by atomic mass is 32.1. The maximum Gasteiger partial charge on any atom is 0.251 e. The van der Waals surface area contributed by atoms with Crippen LogP contribution < -0.4 is 5.32 Å². The maximum atomic E-state index is 12.1. The zero-order valence-electron chi connectivity index (χ0n) is 11.1. The van der Waals surface area contributed by atoms with Gasteiger partial charge in [-0.3, -0.25) is 4.79 Å². The van der Waals surface area contributed by atoms with Crippen molar-refractivity contribution in [3.05, 3.63) is 52.6 Å². The van der Waals surface area contributed by atoms with Gasteiger partial charge in [-0.15, -0.1) is 11.3 Å². The monoisotopic (exact) mass is 285 g/mol. The molecule has 1 unspecified atom stereocenters. The van der Waals surface area contributed by atoms with E-state index in [1.165, 1.54) is 0 Å². The van der Waals surface area contributed by atoms with Crippen LogP contribution in [0.4, 0.5) is 0 Å². The Morgan fingerprint density at radius 3 is 3.15 bits per heavy atom. The van der Waals surface area contributed by atoms with Gasteiger partial charge in [-0.05, 0) is 24.3 Å². The van der Waals surface area contributed by atoms with Crippen molar-refractivity contribution in [2.24, 2.45) is 0 Å². The summed E-state index contributed by atoms with van der Waals surface area (Å²) >= 11 is 1.61. The molecule has 2 N–H and O–H groups in total. The summed E-state index contributed by atoms with van der Waals surface area (Å²) in [5, 5.41) is 7.01. The van der Waals surface area contributed by atoms with Crippen LogP contribution in [0, 0.1) is 0 Å².